The van der Waals surface area contributed by atoms with E-state index >= 15 is 0 Å². The molecule has 2 rings (SSSR count). The van der Waals surface area contributed by atoms with E-state index in [1.807, 2.05) is 20.8 Å². The van der Waals surface area contributed by atoms with Crippen LogP contribution in [0.3, 0.4) is 0 Å². The summed E-state index contributed by atoms with van der Waals surface area (Å²) >= 11 is 0. The van der Waals surface area contributed by atoms with Crippen LogP contribution in [0, 0.1) is 17.3 Å². The van der Waals surface area contributed by atoms with Gasteiger partial charge in [0.05, 0.1) is 0 Å². The van der Waals surface area contributed by atoms with Crippen molar-refractivity contribution in [3.8, 4) is 11.8 Å². The number of esters is 1. The summed E-state index contributed by atoms with van der Waals surface area (Å²) in [4.78, 5) is 13.9. The lowest BCUT2D eigenvalue weighted by Gasteiger charge is -2.19. The maximum absolute atomic E-state index is 11.5. The van der Waals surface area contributed by atoms with E-state index in [1.54, 1.807) is 0 Å². The average Bonchev–Trinajstić information content (AvgIpc) is 2.72. The van der Waals surface area contributed by atoms with E-state index in [2.05, 4.69) is 16.7 Å². The molecule has 0 aromatic rings. The van der Waals surface area contributed by atoms with E-state index < -0.39 is 11.6 Å². The summed E-state index contributed by atoms with van der Waals surface area (Å²) in [6, 6.07) is 0. The number of carbonyl (C=O) groups is 1. The van der Waals surface area contributed by atoms with Gasteiger partial charge >= 0.3 is 5.97 Å². The molecule has 3 heteroatoms. The van der Waals surface area contributed by atoms with Gasteiger partial charge in [-0.05, 0) is 46.7 Å². The number of ether oxygens (including phenoxy) is 1. The number of nitrogens with zero attached hydrogens (tertiary/aromatic N) is 1. The molecule has 0 atom stereocenters. The van der Waals surface area contributed by atoms with Gasteiger partial charge in [0.2, 0.25) is 0 Å². The minimum absolute atomic E-state index is 0.0803. The third-order valence-electron chi connectivity index (χ3n) is 3.17. The number of rotatable bonds is 0. The second-order valence-corrected chi connectivity index (χ2v) is 5.81. The Bertz CT molecular complexity index is 348. The molecule has 3 nitrogen and oxygen atoms in total. The normalized spacial score (nSPS) is 32.1. The number of hydrogen-bond donors (Lipinski definition) is 0. The lowest BCUT2D eigenvalue weighted by molar-refractivity contribution is -0.147. The standard InChI is InChI=1S/C13H19NO2/c1-12(2,3)16-11(15)4-5-13-6-8-14(10-13)9-7-13/h6-10H2,1-3H3. The smallest absolute Gasteiger partial charge is 0.384 e. The molecule has 0 aromatic carbocycles. The SMILES string of the molecule is CC(C)(C)OC(=O)C#CC12CCN(CC1)C2. The highest BCUT2D eigenvalue weighted by molar-refractivity contribution is 5.88. The Kier molecular flexibility index (Phi) is 2.71. The quantitative estimate of drug-likeness (QED) is 0.352. The van der Waals surface area contributed by atoms with Crippen molar-refractivity contribution >= 4 is 5.97 Å². The topological polar surface area (TPSA) is 29.5 Å². The molecule has 2 aliphatic rings. The molecule has 2 aliphatic heterocycles. The van der Waals surface area contributed by atoms with Crippen LogP contribution in [0.1, 0.15) is 33.6 Å². The van der Waals surface area contributed by atoms with Crippen LogP contribution in [0.15, 0.2) is 0 Å². The Morgan fingerprint density at radius 3 is 2.38 bits per heavy atom. The fourth-order valence-corrected chi connectivity index (χ4v) is 2.38. The van der Waals surface area contributed by atoms with Gasteiger partial charge in [-0.2, -0.15) is 0 Å². The molecule has 0 unspecified atom stereocenters. The average molecular weight is 221 g/mol. The van der Waals surface area contributed by atoms with E-state index in [-0.39, 0.29) is 5.41 Å². The van der Waals surface area contributed by atoms with Crippen molar-refractivity contribution in [1.29, 1.82) is 0 Å². The summed E-state index contributed by atoms with van der Waals surface area (Å²) in [5.74, 6) is 5.41. The summed E-state index contributed by atoms with van der Waals surface area (Å²) in [5.41, 5.74) is -0.363. The first-order valence-electron chi connectivity index (χ1n) is 5.87. The zero-order chi connectivity index (χ0) is 11.8. The Morgan fingerprint density at radius 1 is 1.31 bits per heavy atom. The first-order valence-corrected chi connectivity index (χ1v) is 5.87. The monoisotopic (exact) mass is 221 g/mol. The molecule has 2 saturated heterocycles. The number of piperidine rings is 1. The van der Waals surface area contributed by atoms with Crippen LogP contribution in [0.2, 0.25) is 0 Å². The largest absolute Gasteiger partial charge is 0.450 e. The molecule has 2 bridgehead atoms. The van der Waals surface area contributed by atoms with E-state index in [0.29, 0.717) is 0 Å². The van der Waals surface area contributed by atoms with Gasteiger partial charge in [0.25, 0.3) is 0 Å². The fourth-order valence-electron chi connectivity index (χ4n) is 2.38. The van der Waals surface area contributed by atoms with E-state index in [9.17, 15) is 4.79 Å². The van der Waals surface area contributed by atoms with Crippen molar-refractivity contribution < 1.29 is 9.53 Å². The zero-order valence-corrected chi connectivity index (χ0v) is 10.3. The molecule has 0 aromatic heterocycles. The summed E-state index contributed by atoms with van der Waals surface area (Å²) in [6.07, 6.45) is 2.20. The van der Waals surface area contributed by atoms with E-state index in [0.717, 1.165) is 32.5 Å². The molecule has 0 amide bonds. The molecule has 16 heavy (non-hydrogen) atoms. The third kappa shape index (κ3) is 2.56. The molecular formula is C13H19NO2. The first-order chi connectivity index (χ1) is 7.39. The van der Waals surface area contributed by atoms with Gasteiger partial charge in [-0.3, -0.25) is 0 Å². The number of carbonyl (C=O) groups excluding carboxylic acids is 1. The molecule has 88 valence electrons. The van der Waals surface area contributed by atoms with Gasteiger partial charge in [-0.1, -0.05) is 5.92 Å². The Hall–Kier alpha value is -1.01. The molecule has 0 N–H and O–H groups in total. The van der Waals surface area contributed by atoms with Crippen LogP contribution in [0.4, 0.5) is 0 Å². The van der Waals surface area contributed by atoms with Crippen molar-refractivity contribution in [3.05, 3.63) is 0 Å². The number of hydrogen-bond acceptors (Lipinski definition) is 3. The lowest BCUT2D eigenvalue weighted by atomic mass is 9.85. The van der Waals surface area contributed by atoms with Gasteiger partial charge in [-0.15, -0.1) is 0 Å². The first kappa shape index (κ1) is 11.5. The molecule has 0 saturated carbocycles. The maximum atomic E-state index is 11.5. The third-order valence-corrected chi connectivity index (χ3v) is 3.17. The Morgan fingerprint density at radius 2 is 1.94 bits per heavy atom. The zero-order valence-electron chi connectivity index (χ0n) is 10.3. The maximum Gasteiger partial charge on any atom is 0.384 e. The van der Waals surface area contributed by atoms with Gasteiger partial charge in [0.15, 0.2) is 0 Å². The van der Waals surface area contributed by atoms with Crippen LogP contribution in [0.25, 0.3) is 0 Å². The van der Waals surface area contributed by atoms with Crippen molar-refractivity contribution in [2.75, 3.05) is 19.6 Å². The molecule has 0 spiro atoms. The van der Waals surface area contributed by atoms with Crippen LogP contribution in [0.5, 0.6) is 0 Å². The number of fused-ring (bicyclic) bond motifs is 2. The highest BCUT2D eigenvalue weighted by atomic mass is 16.6. The summed E-state index contributed by atoms with van der Waals surface area (Å²) in [5, 5.41) is 0. The fraction of sp³-hybridized carbons (Fsp3) is 0.769. The van der Waals surface area contributed by atoms with Crippen LogP contribution in [-0.4, -0.2) is 36.1 Å². The molecule has 2 heterocycles. The highest BCUT2D eigenvalue weighted by Gasteiger charge is 2.42. The molecular weight excluding hydrogens is 202 g/mol. The summed E-state index contributed by atoms with van der Waals surface area (Å²) in [6.45, 7) is 8.86. The van der Waals surface area contributed by atoms with E-state index in [4.69, 9.17) is 4.74 Å². The van der Waals surface area contributed by atoms with Gasteiger partial charge in [0, 0.05) is 17.9 Å². The predicted octanol–water partition coefficient (Wildman–Crippen LogP) is 1.43. The second kappa shape index (κ2) is 3.78. The van der Waals surface area contributed by atoms with Gasteiger partial charge in [-0.25, -0.2) is 4.79 Å². The molecule has 2 fully saturated rings. The van der Waals surface area contributed by atoms with Gasteiger partial charge in [0.1, 0.15) is 5.60 Å². The van der Waals surface area contributed by atoms with Crippen molar-refractivity contribution in [2.45, 2.75) is 39.2 Å². The Labute approximate surface area is 97.1 Å². The van der Waals surface area contributed by atoms with E-state index in [1.165, 1.54) is 0 Å². The van der Waals surface area contributed by atoms with Crippen LogP contribution < -0.4 is 0 Å². The van der Waals surface area contributed by atoms with Gasteiger partial charge < -0.3 is 9.64 Å². The molecule has 0 radical (unpaired) electrons. The highest BCUT2D eigenvalue weighted by Crippen LogP contribution is 2.39. The lowest BCUT2D eigenvalue weighted by Crippen LogP contribution is -2.23. The van der Waals surface area contributed by atoms with Crippen molar-refractivity contribution in [3.63, 3.8) is 0 Å². The van der Waals surface area contributed by atoms with Crippen LogP contribution in [-0.2, 0) is 9.53 Å². The van der Waals surface area contributed by atoms with Crippen molar-refractivity contribution in [2.24, 2.45) is 5.41 Å². The Balaban J connectivity index is 1.97. The minimum atomic E-state index is -0.444. The predicted molar refractivity (Wildman–Crippen MR) is 61.7 cm³/mol. The molecule has 0 aliphatic carbocycles. The van der Waals surface area contributed by atoms with Crippen molar-refractivity contribution in [1.82, 2.24) is 4.90 Å². The van der Waals surface area contributed by atoms with Crippen LogP contribution >= 0.6 is 0 Å². The summed E-state index contributed by atoms with van der Waals surface area (Å²) in [7, 11) is 0. The summed E-state index contributed by atoms with van der Waals surface area (Å²) < 4.78 is 5.17. The minimum Gasteiger partial charge on any atom is -0.450 e. The second-order valence-electron chi connectivity index (χ2n) is 5.81.